The number of unbranched alkanes of at least 4 members (excludes halogenated alkanes) is 1. The third-order valence-electron chi connectivity index (χ3n) is 2.88. The molecule has 0 saturated carbocycles. The van der Waals surface area contributed by atoms with Crippen molar-refractivity contribution in [3.05, 3.63) is 0 Å². The van der Waals surface area contributed by atoms with Gasteiger partial charge < -0.3 is 14.7 Å². The predicted octanol–water partition coefficient (Wildman–Crippen LogP) is 2.17. The molecule has 106 valence electrons. The van der Waals surface area contributed by atoms with Gasteiger partial charge in [0, 0.05) is 12.5 Å². The minimum Gasteiger partial charge on any atom is -0.449 e. The molecular formula is C11H18F3NO3. The van der Waals surface area contributed by atoms with E-state index in [1.165, 1.54) is 0 Å². The lowest BCUT2D eigenvalue weighted by atomic mass is 10.0. The molecule has 18 heavy (non-hydrogen) atoms. The SMILES string of the molecule is CCCCOC(=O)N1CC(O)C(CC(F)(F)F)C1. The molecule has 1 N–H and O–H groups in total. The van der Waals surface area contributed by atoms with E-state index in [-0.39, 0.29) is 19.7 Å². The molecule has 0 aromatic carbocycles. The van der Waals surface area contributed by atoms with Gasteiger partial charge in [0.05, 0.1) is 25.7 Å². The molecule has 4 nitrogen and oxygen atoms in total. The van der Waals surface area contributed by atoms with Gasteiger partial charge in [0.15, 0.2) is 0 Å². The quantitative estimate of drug-likeness (QED) is 0.796. The third kappa shape index (κ3) is 4.72. The second-order valence-electron chi connectivity index (χ2n) is 4.52. The van der Waals surface area contributed by atoms with Gasteiger partial charge in [-0.15, -0.1) is 0 Å². The number of aliphatic hydroxyl groups is 1. The summed E-state index contributed by atoms with van der Waals surface area (Å²) in [4.78, 5) is 12.6. The minimum absolute atomic E-state index is 0.0916. The van der Waals surface area contributed by atoms with Crippen molar-refractivity contribution < 1.29 is 27.8 Å². The number of nitrogens with zero attached hydrogens (tertiary/aromatic N) is 1. The first-order chi connectivity index (χ1) is 8.33. The molecule has 0 aromatic rings. The molecule has 0 radical (unpaired) electrons. The lowest BCUT2D eigenvalue weighted by Gasteiger charge is -2.16. The highest BCUT2D eigenvalue weighted by Crippen LogP contribution is 2.30. The van der Waals surface area contributed by atoms with E-state index >= 15 is 0 Å². The molecule has 1 rings (SSSR count). The summed E-state index contributed by atoms with van der Waals surface area (Å²) in [6.07, 6.45) is -5.60. The van der Waals surface area contributed by atoms with Crippen LogP contribution in [-0.2, 0) is 4.74 Å². The second-order valence-corrected chi connectivity index (χ2v) is 4.52. The monoisotopic (exact) mass is 269 g/mol. The molecule has 0 aliphatic carbocycles. The van der Waals surface area contributed by atoms with Gasteiger partial charge in [-0.2, -0.15) is 13.2 Å². The van der Waals surface area contributed by atoms with Crippen molar-refractivity contribution in [1.82, 2.24) is 4.90 Å². The molecule has 0 spiro atoms. The number of alkyl halides is 3. The molecule has 0 bridgehead atoms. The Hall–Kier alpha value is -0.980. The number of carbonyl (C=O) groups is 1. The summed E-state index contributed by atoms with van der Waals surface area (Å²) in [6, 6.07) is 0. The lowest BCUT2D eigenvalue weighted by Crippen LogP contribution is -2.30. The van der Waals surface area contributed by atoms with Gasteiger partial charge in [-0.25, -0.2) is 4.79 Å². The fourth-order valence-corrected chi connectivity index (χ4v) is 1.90. The van der Waals surface area contributed by atoms with E-state index in [4.69, 9.17) is 4.74 Å². The van der Waals surface area contributed by atoms with Crippen molar-refractivity contribution in [1.29, 1.82) is 0 Å². The van der Waals surface area contributed by atoms with Crippen molar-refractivity contribution in [3.63, 3.8) is 0 Å². The van der Waals surface area contributed by atoms with Gasteiger partial charge >= 0.3 is 12.3 Å². The van der Waals surface area contributed by atoms with Gasteiger partial charge in [0.1, 0.15) is 0 Å². The lowest BCUT2D eigenvalue weighted by molar-refractivity contribution is -0.149. The molecule has 7 heteroatoms. The van der Waals surface area contributed by atoms with E-state index < -0.39 is 30.7 Å². The number of ether oxygens (including phenoxy) is 1. The molecule has 1 saturated heterocycles. The molecular weight excluding hydrogens is 251 g/mol. The Morgan fingerprint density at radius 3 is 2.67 bits per heavy atom. The summed E-state index contributed by atoms with van der Waals surface area (Å²) in [5.41, 5.74) is 0. The van der Waals surface area contributed by atoms with E-state index in [0.717, 1.165) is 11.3 Å². The molecule has 1 aliphatic heterocycles. The van der Waals surface area contributed by atoms with Crippen LogP contribution < -0.4 is 0 Å². The van der Waals surface area contributed by atoms with Crippen LogP contribution in [0.25, 0.3) is 0 Å². The summed E-state index contributed by atoms with van der Waals surface area (Å²) >= 11 is 0. The van der Waals surface area contributed by atoms with Crippen LogP contribution in [0.4, 0.5) is 18.0 Å². The standard InChI is InChI=1S/C11H18F3NO3/c1-2-3-4-18-10(17)15-6-8(9(16)7-15)5-11(12,13)14/h8-9,16H,2-7H2,1H3. The highest BCUT2D eigenvalue weighted by Gasteiger charge is 2.41. The van der Waals surface area contributed by atoms with Crippen LogP contribution in [0.5, 0.6) is 0 Å². The highest BCUT2D eigenvalue weighted by molar-refractivity contribution is 5.68. The fourth-order valence-electron chi connectivity index (χ4n) is 1.90. The van der Waals surface area contributed by atoms with Crippen LogP contribution in [0.15, 0.2) is 0 Å². The van der Waals surface area contributed by atoms with Crippen LogP contribution in [0.3, 0.4) is 0 Å². The first-order valence-corrected chi connectivity index (χ1v) is 6.00. The maximum Gasteiger partial charge on any atom is 0.409 e. The molecule has 1 amide bonds. The highest BCUT2D eigenvalue weighted by atomic mass is 19.4. The van der Waals surface area contributed by atoms with Gasteiger partial charge in [-0.3, -0.25) is 0 Å². The van der Waals surface area contributed by atoms with Gasteiger partial charge in [0.25, 0.3) is 0 Å². The topological polar surface area (TPSA) is 49.8 Å². The van der Waals surface area contributed by atoms with Crippen molar-refractivity contribution in [2.45, 2.75) is 38.5 Å². The van der Waals surface area contributed by atoms with E-state index in [2.05, 4.69) is 0 Å². The van der Waals surface area contributed by atoms with E-state index in [9.17, 15) is 23.1 Å². The van der Waals surface area contributed by atoms with Gasteiger partial charge in [-0.05, 0) is 6.42 Å². The number of hydrogen-bond donors (Lipinski definition) is 1. The summed E-state index contributed by atoms with van der Waals surface area (Å²) in [5, 5.41) is 9.49. The molecule has 1 fully saturated rings. The zero-order valence-electron chi connectivity index (χ0n) is 10.2. The smallest absolute Gasteiger partial charge is 0.409 e. The van der Waals surface area contributed by atoms with E-state index in [1.54, 1.807) is 0 Å². The summed E-state index contributed by atoms with van der Waals surface area (Å²) < 4.78 is 41.5. The van der Waals surface area contributed by atoms with Gasteiger partial charge in [0.2, 0.25) is 0 Å². The molecule has 0 aromatic heterocycles. The largest absolute Gasteiger partial charge is 0.449 e. The Labute approximate surface area is 104 Å². The first kappa shape index (κ1) is 15.1. The Morgan fingerprint density at radius 1 is 1.44 bits per heavy atom. The maximum absolute atomic E-state index is 12.2. The Kier molecular flexibility index (Phi) is 5.25. The van der Waals surface area contributed by atoms with Crippen molar-refractivity contribution in [2.24, 2.45) is 5.92 Å². The van der Waals surface area contributed by atoms with Crippen LogP contribution in [0, 0.1) is 5.92 Å². The third-order valence-corrected chi connectivity index (χ3v) is 2.88. The van der Waals surface area contributed by atoms with Crippen molar-refractivity contribution in [2.75, 3.05) is 19.7 Å². The maximum atomic E-state index is 12.2. The zero-order chi connectivity index (χ0) is 13.8. The van der Waals surface area contributed by atoms with Crippen LogP contribution in [0.1, 0.15) is 26.2 Å². The molecule has 1 aliphatic rings. The fraction of sp³-hybridized carbons (Fsp3) is 0.909. The van der Waals surface area contributed by atoms with E-state index in [0.29, 0.717) is 6.42 Å². The minimum atomic E-state index is -4.33. The molecule has 2 unspecified atom stereocenters. The molecule has 1 heterocycles. The Bertz CT molecular complexity index is 283. The first-order valence-electron chi connectivity index (χ1n) is 6.00. The average Bonchev–Trinajstić information content (AvgIpc) is 2.58. The van der Waals surface area contributed by atoms with Crippen molar-refractivity contribution in [3.8, 4) is 0 Å². The van der Waals surface area contributed by atoms with Crippen LogP contribution >= 0.6 is 0 Å². The van der Waals surface area contributed by atoms with Crippen molar-refractivity contribution >= 4 is 6.09 Å². The van der Waals surface area contributed by atoms with Crippen LogP contribution in [-0.4, -0.2) is 48.1 Å². The summed E-state index contributed by atoms with van der Waals surface area (Å²) in [5.74, 6) is -0.955. The van der Waals surface area contributed by atoms with E-state index in [1.807, 2.05) is 6.92 Å². The number of hydrogen-bond acceptors (Lipinski definition) is 3. The number of halogens is 3. The number of β-amino-alcohol motifs (C(OH)–C–C–N with tert-alkyl or cyclic N) is 1. The average molecular weight is 269 g/mol. The van der Waals surface area contributed by atoms with Crippen LogP contribution in [0.2, 0.25) is 0 Å². The Morgan fingerprint density at radius 2 is 2.11 bits per heavy atom. The predicted molar refractivity (Wildman–Crippen MR) is 58.0 cm³/mol. The normalized spacial score (nSPS) is 24.4. The zero-order valence-corrected chi connectivity index (χ0v) is 10.2. The molecule has 2 atom stereocenters. The summed E-state index contributed by atoms with van der Waals surface area (Å²) in [7, 11) is 0. The number of likely N-dealkylation sites (tertiary alicyclic amines) is 1. The summed E-state index contributed by atoms with van der Waals surface area (Å²) in [6.45, 7) is 2.00. The van der Waals surface area contributed by atoms with Gasteiger partial charge in [-0.1, -0.05) is 13.3 Å². The Balaban J connectivity index is 2.40. The number of aliphatic hydroxyl groups excluding tert-OH is 1. The number of carbonyl (C=O) groups excluding carboxylic acids is 1. The second kappa shape index (κ2) is 6.26. The number of rotatable bonds is 4. The number of amides is 1.